The molecule has 0 spiro atoms. The van der Waals surface area contributed by atoms with Crippen molar-refractivity contribution in [1.29, 1.82) is 0 Å². The third-order valence-corrected chi connectivity index (χ3v) is 7.74. The normalized spacial score (nSPS) is 21.2. The number of amides is 2. The van der Waals surface area contributed by atoms with Crippen molar-refractivity contribution < 1.29 is 19.1 Å². The molecular formula is C31H32Cl2N2O4. The lowest BCUT2D eigenvalue weighted by Crippen LogP contribution is -2.50. The van der Waals surface area contributed by atoms with Crippen LogP contribution in [0.2, 0.25) is 10.0 Å². The van der Waals surface area contributed by atoms with Crippen LogP contribution in [0.25, 0.3) is 0 Å². The van der Waals surface area contributed by atoms with Gasteiger partial charge in [0.25, 0.3) is 5.91 Å². The van der Waals surface area contributed by atoms with Gasteiger partial charge in [-0.15, -0.1) is 0 Å². The number of anilines is 1. The number of ketones is 1. The zero-order valence-electron chi connectivity index (χ0n) is 22.8. The van der Waals surface area contributed by atoms with Crippen molar-refractivity contribution in [2.75, 3.05) is 11.4 Å². The molecule has 0 saturated carbocycles. The first-order valence-electron chi connectivity index (χ1n) is 13.1. The molecule has 1 atom stereocenters. The minimum Gasteiger partial charge on any atom is -0.443 e. The molecular weight excluding hydrogens is 535 g/mol. The molecule has 0 N–H and O–H groups in total. The molecule has 2 amide bonds. The highest BCUT2D eigenvalue weighted by Gasteiger charge is 2.49. The van der Waals surface area contributed by atoms with Crippen molar-refractivity contribution in [2.24, 2.45) is 5.41 Å². The zero-order chi connectivity index (χ0) is 28.3. The van der Waals surface area contributed by atoms with Crippen molar-refractivity contribution in [1.82, 2.24) is 4.90 Å². The Labute approximate surface area is 239 Å². The zero-order valence-corrected chi connectivity index (χ0v) is 24.3. The number of imide groups is 1. The van der Waals surface area contributed by atoms with Gasteiger partial charge in [-0.05, 0) is 74.6 Å². The molecule has 8 heteroatoms. The summed E-state index contributed by atoms with van der Waals surface area (Å²) in [5.41, 5.74) is 3.15. The van der Waals surface area contributed by atoms with Crippen LogP contribution in [0.15, 0.2) is 71.1 Å². The van der Waals surface area contributed by atoms with Crippen molar-refractivity contribution in [2.45, 2.75) is 65.4 Å². The molecule has 39 heavy (non-hydrogen) atoms. The van der Waals surface area contributed by atoms with Gasteiger partial charge in [-0.3, -0.25) is 9.59 Å². The van der Waals surface area contributed by atoms with E-state index in [0.717, 1.165) is 27.5 Å². The number of ether oxygens (including phenoxy) is 1. The lowest BCUT2D eigenvalue weighted by Gasteiger charge is -2.47. The van der Waals surface area contributed by atoms with Gasteiger partial charge in [0.15, 0.2) is 5.78 Å². The first-order chi connectivity index (χ1) is 18.3. The van der Waals surface area contributed by atoms with Gasteiger partial charge in [0.2, 0.25) is 0 Å². The van der Waals surface area contributed by atoms with Crippen molar-refractivity contribution in [3.05, 3.63) is 86.7 Å². The molecule has 204 valence electrons. The Kier molecular flexibility index (Phi) is 6.92. The fourth-order valence-electron chi connectivity index (χ4n) is 5.79. The van der Waals surface area contributed by atoms with Gasteiger partial charge in [-0.1, -0.05) is 49.2 Å². The SMILES string of the molecule is CC1(C)CC(=O)C2=C(C1)N(c1ccc(Cl)cc1)C1=C(C(=O)N(C(=O)OC(C)(C)C)CC1)C2c1cccc(Cl)c1. The largest absolute Gasteiger partial charge is 0.443 e. The summed E-state index contributed by atoms with van der Waals surface area (Å²) in [4.78, 5) is 44.6. The topological polar surface area (TPSA) is 66.9 Å². The highest BCUT2D eigenvalue weighted by atomic mass is 35.5. The van der Waals surface area contributed by atoms with Gasteiger partial charge in [0.1, 0.15) is 5.60 Å². The van der Waals surface area contributed by atoms with E-state index in [2.05, 4.69) is 13.8 Å². The summed E-state index contributed by atoms with van der Waals surface area (Å²) in [6.07, 6.45) is 0.710. The van der Waals surface area contributed by atoms with E-state index in [1.165, 1.54) is 0 Å². The van der Waals surface area contributed by atoms with Crippen LogP contribution >= 0.6 is 23.2 Å². The maximum atomic E-state index is 14.2. The summed E-state index contributed by atoms with van der Waals surface area (Å²) in [5, 5.41) is 1.10. The lowest BCUT2D eigenvalue weighted by molar-refractivity contribution is -0.127. The van der Waals surface area contributed by atoms with E-state index >= 15 is 0 Å². The fraction of sp³-hybridized carbons (Fsp3) is 0.387. The summed E-state index contributed by atoms with van der Waals surface area (Å²) < 4.78 is 5.58. The number of hydrogen-bond acceptors (Lipinski definition) is 5. The molecule has 1 aliphatic carbocycles. The smallest absolute Gasteiger partial charge is 0.417 e. The quantitative estimate of drug-likeness (QED) is 0.373. The molecule has 0 aromatic heterocycles. The Morgan fingerprint density at radius 3 is 2.28 bits per heavy atom. The van der Waals surface area contributed by atoms with Crippen LogP contribution in [-0.4, -0.2) is 34.8 Å². The van der Waals surface area contributed by atoms with E-state index in [4.69, 9.17) is 27.9 Å². The molecule has 5 rings (SSSR count). The van der Waals surface area contributed by atoms with Gasteiger partial charge >= 0.3 is 6.09 Å². The number of Topliss-reactive ketones (excluding diaryl/α,β-unsaturated/α-hetero) is 1. The Morgan fingerprint density at radius 2 is 1.64 bits per heavy atom. The standard InChI is InChI=1S/C31H32Cl2N2O4/c1-30(2,3)39-29(38)34-14-13-22-27(28(34)37)25(18-7-6-8-20(33)15-18)26-23(16-31(4,5)17-24(26)36)35(22)21-11-9-19(32)10-12-21/h6-12,15,25H,13-14,16-17H2,1-5H3. The Hall–Kier alpha value is -3.09. The molecule has 2 aliphatic heterocycles. The molecule has 3 aliphatic rings. The highest BCUT2D eigenvalue weighted by molar-refractivity contribution is 6.31. The second-order valence-electron chi connectivity index (χ2n) is 12.1. The first kappa shape index (κ1) is 27.5. The van der Waals surface area contributed by atoms with Crippen LogP contribution in [0.4, 0.5) is 10.5 Å². The second-order valence-corrected chi connectivity index (χ2v) is 13.0. The average molecular weight is 568 g/mol. The average Bonchev–Trinajstić information content (AvgIpc) is 2.82. The van der Waals surface area contributed by atoms with Gasteiger partial charge in [-0.25, -0.2) is 9.69 Å². The van der Waals surface area contributed by atoms with Gasteiger partial charge < -0.3 is 9.64 Å². The molecule has 1 unspecified atom stereocenters. The van der Waals surface area contributed by atoms with Gasteiger partial charge in [-0.2, -0.15) is 0 Å². The summed E-state index contributed by atoms with van der Waals surface area (Å²) >= 11 is 12.6. The van der Waals surface area contributed by atoms with Crippen molar-refractivity contribution >= 4 is 46.7 Å². The summed E-state index contributed by atoms with van der Waals surface area (Å²) in [6, 6.07) is 14.7. The molecule has 0 fully saturated rings. The van der Waals surface area contributed by atoms with E-state index in [0.29, 0.717) is 40.5 Å². The number of nitrogens with zero attached hydrogens (tertiary/aromatic N) is 2. The minimum atomic E-state index is -0.763. The number of carbonyl (C=O) groups excluding carboxylic acids is 3. The summed E-state index contributed by atoms with van der Waals surface area (Å²) in [6.45, 7) is 9.63. The molecule has 0 bridgehead atoms. The molecule has 2 heterocycles. The third-order valence-electron chi connectivity index (χ3n) is 7.25. The van der Waals surface area contributed by atoms with Crippen LogP contribution in [0.3, 0.4) is 0 Å². The monoisotopic (exact) mass is 566 g/mol. The van der Waals surface area contributed by atoms with Gasteiger partial charge in [0.05, 0.1) is 0 Å². The van der Waals surface area contributed by atoms with Gasteiger partial charge in [0, 0.05) is 63.6 Å². The second kappa shape index (κ2) is 9.83. The first-order valence-corrected chi connectivity index (χ1v) is 13.9. The summed E-state index contributed by atoms with van der Waals surface area (Å²) in [7, 11) is 0. The molecule has 6 nitrogen and oxygen atoms in total. The van der Waals surface area contributed by atoms with E-state index in [1.54, 1.807) is 45.0 Å². The van der Waals surface area contributed by atoms with Crippen molar-refractivity contribution in [3.8, 4) is 0 Å². The minimum absolute atomic E-state index is 0.0149. The Balaban J connectivity index is 1.76. The van der Waals surface area contributed by atoms with Crippen LogP contribution in [0, 0.1) is 5.41 Å². The van der Waals surface area contributed by atoms with Crippen LogP contribution in [0.5, 0.6) is 0 Å². The number of rotatable bonds is 2. The highest BCUT2D eigenvalue weighted by Crippen LogP contribution is 2.53. The Bertz CT molecular complexity index is 1430. The molecule has 0 saturated heterocycles. The predicted molar refractivity (Wildman–Crippen MR) is 153 cm³/mol. The molecule has 0 radical (unpaired) electrons. The van der Waals surface area contributed by atoms with Crippen LogP contribution in [0.1, 0.15) is 65.4 Å². The summed E-state index contributed by atoms with van der Waals surface area (Å²) in [5.74, 6) is -1.13. The van der Waals surface area contributed by atoms with E-state index < -0.39 is 23.5 Å². The molecule has 2 aromatic rings. The Morgan fingerprint density at radius 1 is 0.949 bits per heavy atom. The van der Waals surface area contributed by atoms with Crippen molar-refractivity contribution in [3.63, 3.8) is 0 Å². The fourth-order valence-corrected chi connectivity index (χ4v) is 6.12. The number of carbonyl (C=O) groups is 3. The van der Waals surface area contributed by atoms with E-state index in [1.807, 2.05) is 29.2 Å². The third kappa shape index (κ3) is 5.24. The maximum absolute atomic E-state index is 14.2. The molecule has 2 aromatic carbocycles. The predicted octanol–water partition coefficient (Wildman–Crippen LogP) is 7.66. The van der Waals surface area contributed by atoms with E-state index in [9.17, 15) is 14.4 Å². The number of hydrogen-bond donors (Lipinski definition) is 0. The number of allylic oxidation sites excluding steroid dienone is 2. The number of halogens is 2. The van der Waals surface area contributed by atoms with Crippen LogP contribution in [-0.2, 0) is 14.3 Å². The van der Waals surface area contributed by atoms with Crippen LogP contribution < -0.4 is 4.90 Å². The lowest BCUT2D eigenvalue weighted by atomic mass is 9.67. The van der Waals surface area contributed by atoms with E-state index in [-0.39, 0.29) is 17.7 Å². The number of benzene rings is 2. The maximum Gasteiger partial charge on any atom is 0.417 e.